The van der Waals surface area contributed by atoms with Crippen LogP contribution < -0.4 is 0 Å². The van der Waals surface area contributed by atoms with Crippen molar-refractivity contribution in [3.05, 3.63) is 59.7 Å². The first-order chi connectivity index (χ1) is 11.6. The van der Waals surface area contributed by atoms with E-state index >= 15 is 0 Å². The van der Waals surface area contributed by atoms with E-state index in [1.807, 2.05) is 24.3 Å². The molecule has 4 heteroatoms. The standard InChI is InChI=1S/C20H22O4/c21-17-11-9-15(13-19(17)23)7-5-3-1-2-4-6-8-16-10-12-18(22)20(24)14-16/h5-14,21-24H,1-4H2/b7-5+,8-6+. The fourth-order valence-corrected chi connectivity index (χ4v) is 2.25. The number of hydrogen-bond acceptors (Lipinski definition) is 4. The highest BCUT2D eigenvalue weighted by Crippen LogP contribution is 2.26. The molecule has 0 fully saturated rings. The predicted molar refractivity (Wildman–Crippen MR) is 96.1 cm³/mol. The summed E-state index contributed by atoms with van der Waals surface area (Å²) < 4.78 is 0. The van der Waals surface area contributed by atoms with Gasteiger partial charge in [-0.1, -0.05) is 36.4 Å². The second-order valence-corrected chi connectivity index (χ2v) is 5.59. The van der Waals surface area contributed by atoms with Gasteiger partial charge in [0.15, 0.2) is 23.0 Å². The van der Waals surface area contributed by atoms with Crippen molar-refractivity contribution in [1.29, 1.82) is 0 Å². The van der Waals surface area contributed by atoms with Gasteiger partial charge < -0.3 is 20.4 Å². The number of aromatic hydroxyl groups is 4. The Labute approximate surface area is 141 Å². The minimum atomic E-state index is -0.110. The van der Waals surface area contributed by atoms with Gasteiger partial charge in [-0.05, 0) is 61.1 Å². The third kappa shape index (κ3) is 5.39. The molecule has 0 aromatic heterocycles. The first kappa shape index (κ1) is 17.5. The van der Waals surface area contributed by atoms with E-state index in [-0.39, 0.29) is 23.0 Å². The van der Waals surface area contributed by atoms with Crippen LogP contribution in [-0.2, 0) is 0 Å². The monoisotopic (exact) mass is 326 g/mol. The molecule has 0 heterocycles. The van der Waals surface area contributed by atoms with Crippen molar-refractivity contribution in [1.82, 2.24) is 0 Å². The smallest absolute Gasteiger partial charge is 0.157 e. The molecule has 4 nitrogen and oxygen atoms in total. The third-order valence-corrected chi connectivity index (χ3v) is 3.61. The van der Waals surface area contributed by atoms with Gasteiger partial charge in [0.1, 0.15) is 0 Å². The van der Waals surface area contributed by atoms with E-state index in [4.69, 9.17) is 0 Å². The van der Waals surface area contributed by atoms with Gasteiger partial charge in [0.25, 0.3) is 0 Å². The maximum Gasteiger partial charge on any atom is 0.157 e. The van der Waals surface area contributed by atoms with Crippen LogP contribution in [0.25, 0.3) is 12.2 Å². The summed E-state index contributed by atoms with van der Waals surface area (Å²) in [5.74, 6) is -0.438. The van der Waals surface area contributed by atoms with E-state index in [0.717, 1.165) is 36.8 Å². The van der Waals surface area contributed by atoms with Gasteiger partial charge in [-0.3, -0.25) is 0 Å². The van der Waals surface area contributed by atoms with Crippen LogP contribution in [0.5, 0.6) is 23.0 Å². The Kier molecular flexibility index (Phi) is 6.32. The lowest BCUT2D eigenvalue weighted by Gasteiger charge is -1.99. The average molecular weight is 326 g/mol. The van der Waals surface area contributed by atoms with Gasteiger partial charge in [0, 0.05) is 0 Å². The third-order valence-electron chi connectivity index (χ3n) is 3.61. The lowest BCUT2D eigenvalue weighted by Crippen LogP contribution is -1.76. The molecule has 0 aliphatic carbocycles. The fraction of sp³-hybridized carbons (Fsp3) is 0.200. The molecule has 2 aromatic carbocycles. The summed E-state index contributed by atoms with van der Waals surface area (Å²) in [5.41, 5.74) is 1.72. The number of phenols is 4. The number of hydrogen-bond donors (Lipinski definition) is 4. The minimum Gasteiger partial charge on any atom is -0.504 e. The molecule has 0 unspecified atom stereocenters. The Morgan fingerprint density at radius 3 is 1.38 bits per heavy atom. The summed E-state index contributed by atoms with van der Waals surface area (Å²) in [6.45, 7) is 0. The zero-order chi connectivity index (χ0) is 17.4. The molecule has 0 bridgehead atoms. The van der Waals surface area contributed by atoms with Crippen molar-refractivity contribution in [3.8, 4) is 23.0 Å². The highest BCUT2D eigenvalue weighted by Gasteiger charge is 1.98. The second kappa shape index (κ2) is 8.67. The lowest BCUT2D eigenvalue weighted by atomic mass is 10.1. The van der Waals surface area contributed by atoms with Crippen LogP contribution in [0.1, 0.15) is 36.8 Å². The molecule has 0 aliphatic rings. The second-order valence-electron chi connectivity index (χ2n) is 5.59. The number of allylic oxidation sites excluding steroid dienone is 2. The number of phenolic OH excluding ortho intramolecular Hbond substituents is 4. The van der Waals surface area contributed by atoms with Crippen molar-refractivity contribution in [3.63, 3.8) is 0 Å². The Balaban J connectivity index is 1.67. The molecule has 0 saturated carbocycles. The van der Waals surface area contributed by atoms with Gasteiger partial charge in [0.2, 0.25) is 0 Å². The molecule has 0 radical (unpaired) electrons. The largest absolute Gasteiger partial charge is 0.504 e. The van der Waals surface area contributed by atoms with Crippen molar-refractivity contribution < 1.29 is 20.4 Å². The highest BCUT2D eigenvalue weighted by atomic mass is 16.3. The van der Waals surface area contributed by atoms with Crippen LogP contribution in [0.4, 0.5) is 0 Å². The van der Waals surface area contributed by atoms with Crippen LogP contribution in [0.3, 0.4) is 0 Å². The van der Waals surface area contributed by atoms with Crippen LogP contribution in [0.2, 0.25) is 0 Å². The summed E-state index contributed by atoms with van der Waals surface area (Å²) in [6, 6.07) is 9.51. The van der Waals surface area contributed by atoms with Gasteiger partial charge in [-0.25, -0.2) is 0 Å². The molecular formula is C20H22O4. The van der Waals surface area contributed by atoms with Crippen LogP contribution >= 0.6 is 0 Å². The Bertz CT molecular complexity index is 669. The number of rotatable bonds is 7. The predicted octanol–water partition coefficient (Wildman–Crippen LogP) is 4.80. The lowest BCUT2D eigenvalue weighted by molar-refractivity contribution is 0.403. The van der Waals surface area contributed by atoms with E-state index in [1.54, 1.807) is 12.1 Å². The number of benzene rings is 2. The van der Waals surface area contributed by atoms with Crippen LogP contribution in [0.15, 0.2) is 48.6 Å². The maximum absolute atomic E-state index is 9.41. The molecule has 0 atom stereocenters. The normalized spacial score (nSPS) is 11.5. The van der Waals surface area contributed by atoms with Gasteiger partial charge >= 0.3 is 0 Å². The molecule has 2 aromatic rings. The summed E-state index contributed by atoms with van der Waals surface area (Å²) >= 11 is 0. The van der Waals surface area contributed by atoms with E-state index in [2.05, 4.69) is 0 Å². The molecular weight excluding hydrogens is 304 g/mol. The first-order valence-electron chi connectivity index (χ1n) is 7.93. The first-order valence-corrected chi connectivity index (χ1v) is 7.93. The van der Waals surface area contributed by atoms with Crippen LogP contribution in [-0.4, -0.2) is 20.4 Å². The molecule has 2 rings (SSSR count). The van der Waals surface area contributed by atoms with Crippen molar-refractivity contribution >= 4 is 12.2 Å². The SMILES string of the molecule is Oc1ccc(/C=C/CCCC/C=C/c2ccc(O)c(O)c2)cc1O. The fourth-order valence-electron chi connectivity index (χ4n) is 2.25. The zero-order valence-corrected chi connectivity index (χ0v) is 13.4. The molecule has 126 valence electrons. The highest BCUT2D eigenvalue weighted by molar-refractivity contribution is 5.55. The Hall–Kier alpha value is -2.88. The van der Waals surface area contributed by atoms with Gasteiger partial charge in [0.05, 0.1) is 0 Å². The molecule has 0 saturated heterocycles. The summed E-state index contributed by atoms with van der Waals surface area (Å²) in [4.78, 5) is 0. The summed E-state index contributed by atoms with van der Waals surface area (Å²) in [7, 11) is 0. The zero-order valence-electron chi connectivity index (χ0n) is 13.4. The van der Waals surface area contributed by atoms with E-state index in [1.165, 1.54) is 24.3 Å². The molecule has 4 N–H and O–H groups in total. The number of unbranched alkanes of at least 4 members (excludes halogenated alkanes) is 3. The molecule has 24 heavy (non-hydrogen) atoms. The Morgan fingerprint density at radius 1 is 0.583 bits per heavy atom. The summed E-state index contributed by atoms with van der Waals surface area (Å²) in [6.07, 6.45) is 11.9. The van der Waals surface area contributed by atoms with Crippen molar-refractivity contribution in [2.45, 2.75) is 25.7 Å². The van der Waals surface area contributed by atoms with Crippen molar-refractivity contribution in [2.75, 3.05) is 0 Å². The molecule has 0 aliphatic heterocycles. The van der Waals surface area contributed by atoms with Crippen molar-refractivity contribution in [2.24, 2.45) is 0 Å². The van der Waals surface area contributed by atoms with Crippen LogP contribution in [0, 0.1) is 0 Å². The van der Waals surface area contributed by atoms with E-state index < -0.39 is 0 Å². The average Bonchev–Trinajstić information content (AvgIpc) is 2.56. The maximum atomic E-state index is 9.41. The van der Waals surface area contributed by atoms with E-state index in [9.17, 15) is 20.4 Å². The summed E-state index contributed by atoms with van der Waals surface area (Å²) in [5, 5.41) is 37.3. The topological polar surface area (TPSA) is 80.9 Å². The van der Waals surface area contributed by atoms with Gasteiger partial charge in [-0.15, -0.1) is 0 Å². The van der Waals surface area contributed by atoms with E-state index in [0.29, 0.717) is 0 Å². The molecule has 0 amide bonds. The quantitative estimate of drug-likeness (QED) is 0.435. The molecule has 0 spiro atoms. The van der Waals surface area contributed by atoms with Gasteiger partial charge in [-0.2, -0.15) is 0 Å². The Morgan fingerprint density at radius 2 is 1.00 bits per heavy atom. The minimum absolute atomic E-state index is 0.109.